The van der Waals surface area contributed by atoms with E-state index in [1.54, 1.807) is 13.2 Å². The summed E-state index contributed by atoms with van der Waals surface area (Å²) in [6.07, 6.45) is 1.38. The predicted octanol–water partition coefficient (Wildman–Crippen LogP) is 4.79. The van der Waals surface area contributed by atoms with E-state index in [0.717, 1.165) is 17.1 Å². The van der Waals surface area contributed by atoms with Crippen LogP contribution < -0.4 is 14.8 Å². The van der Waals surface area contributed by atoms with E-state index in [1.807, 2.05) is 48.7 Å². The van der Waals surface area contributed by atoms with Gasteiger partial charge < -0.3 is 24.1 Å². The lowest BCUT2D eigenvalue weighted by Gasteiger charge is -2.11. The Hall–Kier alpha value is -4.65. The van der Waals surface area contributed by atoms with E-state index in [0.29, 0.717) is 11.3 Å². The van der Waals surface area contributed by atoms with Crippen LogP contribution in [0.15, 0.2) is 60.2 Å². The van der Waals surface area contributed by atoms with Gasteiger partial charge in [0.15, 0.2) is 6.61 Å². The number of benzene rings is 2. The molecule has 0 atom stereocenters. The summed E-state index contributed by atoms with van der Waals surface area (Å²) in [6.45, 7) is -0.0729. The second kappa shape index (κ2) is 11.7. The lowest BCUT2D eigenvalue weighted by molar-refractivity contribution is -0.142. The summed E-state index contributed by atoms with van der Waals surface area (Å²) in [5.74, 6) is -1.32. The van der Waals surface area contributed by atoms with Crippen molar-refractivity contribution in [2.75, 3.05) is 19.0 Å². The molecule has 0 aliphatic carbocycles. The average Bonchev–Trinajstić information content (AvgIpc) is 3.14. The van der Waals surface area contributed by atoms with Gasteiger partial charge in [-0.05, 0) is 68.0 Å². The van der Waals surface area contributed by atoms with Crippen molar-refractivity contribution < 1.29 is 32.6 Å². The molecule has 1 amide bonds. The number of methoxy groups -OCH3 is 1. The Kier molecular flexibility index (Phi) is 8.41. The molecule has 10 heteroatoms. The molecule has 1 N–H and O–H groups in total. The number of aromatic nitrogens is 1. The molecular formula is C26H23F2N3O5. The third-order valence-corrected chi connectivity index (χ3v) is 5.15. The molecule has 3 aromatic rings. The van der Waals surface area contributed by atoms with Crippen LogP contribution in [-0.4, -0.2) is 36.8 Å². The summed E-state index contributed by atoms with van der Waals surface area (Å²) in [7, 11) is 1.58. The minimum atomic E-state index is -3.07. The van der Waals surface area contributed by atoms with Crippen LogP contribution in [0.4, 0.5) is 14.5 Å². The number of halogens is 2. The van der Waals surface area contributed by atoms with Gasteiger partial charge in [-0.2, -0.15) is 14.0 Å². The number of para-hydroxylation sites is 2. The van der Waals surface area contributed by atoms with E-state index in [4.69, 9.17) is 9.47 Å². The zero-order valence-electron chi connectivity index (χ0n) is 19.7. The molecule has 36 heavy (non-hydrogen) atoms. The fourth-order valence-electron chi connectivity index (χ4n) is 3.52. The van der Waals surface area contributed by atoms with Gasteiger partial charge in [-0.25, -0.2) is 4.79 Å². The second-order valence-electron chi connectivity index (χ2n) is 7.53. The van der Waals surface area contributed by atoms with Crippen LogP contribution >= 0.6 is 0 Å². The maximum Gasteiger partial charge on any atom is 0.387 e. The highest BCUT2D eigenvalue weighted by molar-refractivity contribution is 6.00. The Bertz CT molecular complexity index is 1320. The molecule has 186 valence electrons. The molecule has 0 unspecified atom stereocenters. The van der Waals surface area contributed by atoms with Crippen molar-refractivity contribution in [1.82, 2.24) is 4.57 Å². The van der Waals surface area contributed by atoms with Crippen molar-refractivity contribution in [3.8, 4) is 23.3 Å². The number of rotatable bonds is 9. The topological polar surface area (TPSA) is 103 Å². The number of hydrogen-bond donors (Lipinski definition) is 1. The van der Waals surface area contributed by atoms with Crippen LogP contribution in [0.2, 0.25) is 0 Å². The van der Waals surface area contributed by atoms with Gasteiger partial charge in [-0.1, -0.05) is 12.1 Å². The SMILES string of the molecule is COc1ccc(-n2c(C)cc(/C=C(\C#N)C(=O)OCC(=O)Nc3ccccc3OC(F)F)c2C)cc1. The molecule has 0 spiro atoms. The molecule has 3 rings (SSSR count). The number of esters is 1. The number of amides is 1. The molecule has 0 radical (unpaired) electrons. The summed E-state index contributed by atoms with van der Waals surface area (Å²) >= 11 is 0. The van der Waals surface area contributed by atoms with Crippen molar-refractivity contribution >= 4 is 23.6 Å². The van der Waals surface area contributed by atoms with Crippen molar-refractivity contribution in [2.24, 2.45) is 0 Å². The van der Waals surface area contributed by atoms with Gasteiger partial charge in [-0.15, -0.1) is 0 Å². The summed E-state index contributed by atoms with van der Waals surface area (Å²) in [5, 5.41) is 11.8. The van der Waals surface area contributed by atoms with Crippen LogP contribution in [-0.2, 0) is 14.3 Å². The summed E-state index contributed by atoms with van der Waals surface area (Å²) < 4.78 is 41.5. The minimum Gasteiger partial charge on any atom is -0.497 e. The number of ether oxygens (including phenoxy) is 3. The molecule has 1 heterocycles. The zero-order chi connectivity index (χ0) is 26.2. The van der Waals surface area contributed by atoms with Gasteiger partial charge in [0.25, 0.3) is 5.91 Å². The first kappa shape index (κ1) is 26.0. The first-order chi connectivity index (χ1) is 17.2. The molecule has 0 bridgehead atoms. The van der Waals surface area contributed by atoms with Gasteiger partial charge in [0, 0.05) is 17.1 Å². The zero-order valence-corrected chi connectivity index (χ0v) is 19.7. The van der Waals surface area contributed by atoms with Crippen molar-refractivity contribution in [1.29, 1.82) is 5.26 Å². The van der Waals surface area contributed by atoms with E-state index >= 15 is 0 Å². The normalized spacial score (nSPS) is 11.1. The highest BCUT2D eigenvalue weighted by atomic mass is 19.3. The largest absolute Gasteiger partial charge is 0.497 e. The Labute approximate surface area is 206 Å². The standard InChI is InChI=1S/C26H23F2N3O5/c1-16-12-18(17(2)31(16)20-8-10-21(34-3)11-9-20)13-19(14-29)25(33)35-15-24(32)30-22-6-4-5-7-23(22)36-26(27)28/h4-13,26H,15H2,1-3H3,(H,30,32)/b19-13+. The van der Waals surface area contributed by atoms with Gasteiger partial charge >= 0.3 is 12.6 Å². The van der Waals surface area contributed by atoms with E-state index in [1.165, 1.54) is 30.3 Å². The average molecular weight is 495 g/mol. The lowest BCUT2D eigenvalue weighted by Crippen LogP contribution is -2.22. The van der Waals surface area contributed by atoms with Crippen LogP contribution in [0.5, 0.6) is 11.5 Å². The maximum atomic E-state index is 12.5. The number of anilines is 1. The molecule has 2 aromatic carbocycles. The predicted molar refractivity (Wildman–Crippen MR) is 128 cm³/mol. The van der Waals surface area contributed by atoms with Gasteiger partial charge in [0.05, 0.1) is 12.8 Å². The number of carbonyl (C=O) groups is 2. The van der Waals surface area contributed by atoms with Crippen molar-refractivity contribution in [3.05, 3.63) is 77.1 Å². The smallest absolute Gasteiger partial charge is 0.387 e. The van der Waals surface area contributed by atoms with Crippen LogP contribution in [0.1, 0.15) is 17.0 Å². The number of alkyl halides is 2. The second-order valence-corrected chi connectivity index (χ2v) is 7.53. The fraction of sp³-hybridized carbons (Fsp3) is 0.192. The lowest BCUT2D eigenvalue weighted by atomic mass is 10.1. The van der Waals surface area contributed by atoms with E-state index in [9.17, 15) is 23.6 Å². The highest BCUT2D eigenvalue weighted by Crippen LogP contribution is 2.26. The number of hydrogen-bond acceptors (Lipinski definition) is 6. The summed E-state index contributed by atoms with van der Waals surface area (Å²) in [5.41, 5.74) is 2.84. The molecule has 0 aliphatic rings. The number of nitrogens with zero attached hydrogens (tertiary/aromatic N) is 2. The van der Waals surface area contributed by atoms with E-state index in [2.05, 4.69) is 10.1 Å². The Morgan fingerprint density at radius 3 is 2.47 bits per heavy atom. The molecule has 0 saturated heterocycles. The monoisotopic (exact) mass is 495 g/mol. The Balaban J connectivity index is 1.71. The molecule has 1 aromatic heterocycles. The van der Waals surface area contributed by atoms with Gasteiger partial charge in [0.2, 0.25) is 0 Å². The Morgan fingerprint density at radius 1 is 1.14 bits per heavy atom. The number of carbonyl (C=O) groups excluding carboxylic acids is 2. The first-order valence-electron chi connectivity index (χ1n) is 10.7. The number of aryl methyl sites for hydroxylation is 1. The van der Waals surface area contributed by atoms with Crippen LogP contribution in [0, 0.1) is 25.2 Å². The maximum absolute atomic E-state index is 12.5. The van der Waals surface area contributed by atoms with E-state index in [-0.39, 0.29) is 17.0 Å². The third kappa shape index (κ3) is 6.27. The molecular weight excluding hydrogens is 472 g/mol. The van der Waals surface area contributed by atoms with Crippen molar-refractivity contribution in [2.45, 2.75) is 20.5 Å². The summed E-state index contributed by atoms with van der Waals surface area (Å²) in [4.78, 5) is 24.6. The number of nitriles is 1. The molecule has 0 aliphatic heterocycles. The molecule has 0 fully saturated rings. The fourth-order valence-corrected chi connectivity index (χ4v) is 3.52. The van der Waals surface area contributed by atoms with Crippen molar-refractivity contribution in [3.63, 3.8) is 0 Å². The highest BCUT2D eigenvalue weighted by Gasteiger charge is 2.17. The minimum absolute atomic E-state index is 0.0131. The molecule has 8 nitrogen and oxygen atoms in total. The first-order valence-corrected chi connectivity index (χ1v) is 10.7. The number of nitrogens with one attached hydrogen (secondary N) is 1. The Morgan fingerprint density at radius 2 is 1.83 bits per heavy atom. The van der Waals surface area contributed by atoms with Crippen LogP contribution in [0.25, 0.3) is 11.8 Å². The third-order valence-electron chi connectivity index (χ3n) is 5.15. The van der Waals surface area contributed by atoms with Gasteiger partial charge in [-0.3, -0.25) is 4.79 Å². The summed E-state index contributed by atoms with van der Waals surface area (Å²) in [6, 6.07) is 16.6. The van der Waals surface area contributed by atoms with Crippen LogP contribution in [0.3, 0.4) is 0 Å². The quantitative estimate of drug-likeness (QED) is 0.260. The van der Waals surface area contributed by atoms with Gasteiger partial charge in [0.1, 0.15) is 23.1 Å². The molecule has 0 saturated carbocycles. The van der Waals surface area contributed by atoms with E-state index < -0.39 is 25.1 Å².